The van der Waals surface area contributed by atoms with Crippen molar-refractivity contribution in [1.82, 2.24) is 4.90 Å². The van der Waals surface area contributed by atoms with E-state index in [2.05, 4.69) is 0 Å². The van der Waals surface area contributed by atoms with Crippen molar-refractivity contribution in [3.8, 4) is 0 Å². The predicted molar refractivity (Wildman–Crippen MR) is 114 cm³/mol. The summed E-state index contributed by atoms with van der Waals surface area (Å²) in [6, 6.07) is 4.71. The molecule has 1 aliphatic heterocycles. The Morgan fingerprint density at radius 1 is 1.06 bits per heavy atom. The van der Waals surface area contributed by atoms with Gasteiger partial charge in [0, 0.05) is 38.3 Å². The summed E-state index contributed by atoms with van der Waals surface area (Å²) in [5.41, 5.74) is -0.167. The third kappa shape index (κ3) is 8.63. The molecule has 0 aromatic heterocycles. The Morgan fingerprint density at radius 3 is 2.41 bits per heavy atom. The van der Waals surface area contributed by atoms with Crippen LogP contribution in [0.2, 0.25) is 0 Å². The number of Topliss-reactive ketones (excluding diaryl/α,β-unsaturated/α-hetero) is 1. The molecule has 0 saturated carbocycles. The number of alkyl halides is 3. The lowest BCUT2D eigenvalue weighted by Crippen LogP contribution is -2.34. The molecule has 32 heavy (non-hydrogen) atoms. The summed E-state index contributed by atoms with van der Waals surface area (Å²) in [5.74, 6) is -0.108. The van der Waals surface area contributed by atoms with Crippen LogP contribution in [0.4, 0.5) is 13.2 Å². The van der Waals surface area contributed by atoms with Crippen LogP contribution in [0.1, 0.15) is 75.8 Å². The fourth-order valence-corrected chi connectivity index (χ4v) is 3.99. The summed E-state index contributed by atoms with van der Waals surface area (Å²) in [7, 11) is 0. The summed E-state index contributed by atoms with van der Waals surface area (Å²) in [6.45, 7) is 2.82. The average Bonchev–Trinajstić information content (AvgIpc) is 3.08. The highest BCUT2D eigenvalue weighted by Crippen LogP contribution is 2.29. The number of esters is 1. The molecular formula is C24H32F3NO4. The minimum Gasteiger partial charge on any atom is -0.466 e. The number of ether oxygens (including phenoxy) is 1. The fraction of sp³-hybridized carbons (Fsp3) is 0.625. The van der Waals surface area contributed by atoms with Crippen LogP contribution < -0.4 is 0 Å². The Morgan fingerprint density at radius 2 is 1.75 bits per heavy atom. The summed E-state index contributed by atoms with van der Waals surface area (Å²) < 4.78 is 42.8. The highest BCUT2D eigenvalue weighted by molar-refractivity contribution is 5.81. The van der Waals surface area contributed by atoms with Gasteiger partial charge in [0.25, 0.3) is 0 Å². The van der Waals surface area contributed by atoms with Crippen molar-refractivity contribution < 1.29 is 32.3 Å². The lowest BCUT2D eigenvalue weighted by atomic mass is 10.0. The van der Waals surface area contributed by atoms with E-state index < -0.39 is 11.7 Å². The highest BCUT2D eigenvalue weighted by Gasteiger charge is 2.31. The lowest BCUT2D eigenvalue weighted by Gasteiger charge is -2.24. The number of ketones is 1. The van der Waals surface area contributed by atoms with E-state index in [1.54, 1.807) is 6.92 Å². The second kappa shape index (κ2) is 12.6. The Labute approximate surface area is 187 Å². The first-order valence-electron chi connectivity index (χ1n) is 11.3. The SMILES string of the molecule is CCOC(=O)CCCCCCN1C(=O)CC[C@@H]1CCC(=O)Cc1ccc(C(F)(F)F)cc1. The number of carbonyl (C=O) groups excluding carboxylic acids is 3. The number of halogens is 3. The Bertz CT molecular complexity index is 762. The minimum absolute atomic E-state index is 0.0389. The number of nitrogens with zero attached hydrogens (tertiary/aromatic N) is 1. The molecular weight excluding hydrogens is 423 g/mol. The van der Waals surface area contributed by atoms with Crippen molar-refractivity contribution in [3.05, 3.63) is 35.4 Å². The van der Waals surface area contributed by atoms with E-state index >= 15 is 0 Å². The van der Waals surface area contributed by atoms with Gasteiger partial charge < -0.3 is 9.64 Å². The van der Waals surface area contributed by atoms with Crippen molar-refractivity contribution in [1.29, 1.82) is 0 Å². The maximum Gasteiger partial charge on any atom is 0.416 e. The fourth-order valence-electron chi connectivity index (χ4n) is 3.99. The zero-order chi connectivity index (χ0) is 23.6. The molecule has 1 saturated heterocycles. The second-order valence-corrected chi connectivity index (χ2v) is 8.20. The number of hydrogen-bond donors (Lipinski definition) is 0. The van der Waals surface area contributed by atoms with Gasteiger partial charge in [-0.3, -0.25) is 14.4 Å². The first-order chi connectivity index (χ1) is 15.2. The van der Waals surface area contributed by atoms with Crippen molar-refractivity contribution in [2.45, 2.75) is 83.4 Å². The van der Waals surface area contributed by atoms with Crippen LogP contribution in [0.15, 0.2) is 24.3 Å². The molecule has 1 aromatic rings. The third-order valence-corrected chi connectivity index (χ3v) is 5.73. The quantitative estimate of drug-likeness (QED) is 0.307. The number of benzene rings is 1. The van der Waals surface area contributed by atoms with Gasteiger partial charge in [-0.05, 0) is 50.3 Å². The largest absolute Gasteiger partial charge is 0.466 e. The van der Waals surface area contributed by atoms with Gasteiger partial charge >= 0.3 is 12.1 Å². The summed E-state index contributed by atoms with van der Waals surface area (Å²) in [5, 5.41) is 0. The summed E-state index contributed by atoms with van der Waals surface area (Å²) >= 11 is 0. The van der Waals surface area contributed by atoms with Gasteiger partial charge in [0.05, 0.1) is 12.2 Å². The molecule has 0 bridgehead atoms. The van der Waals surface area contributed by atoms with Gasteiger partial charge in [-0.25, -0.2) is 0 Å². The van der Waals surface area contributed by atoms with Crippen molar-refractivity contribution in [2.75, 3.05) is 13.2 Å². The topological polar surface area (TPSA) is 63.7 Å². The molecule has 1 amide bonds. The van der Waals surface area contributed by atoms with E-state index in [-0.39, 0.29) is 30.1 Å². The van der Waals surface area contributed by atoms with Crippen molar-refractivity contribution >= 4 is 17.7 Å². The van der Waals surface area contributed by atoms with Gasteiger partial charge in [0.1, 0.15) is 5.78 Å². The number of hydrogen-bond acceptors (Lipinski definition) is 4. The molecule has 0 radical (unpaired) electrons. The molecule has 178 valence electrons. The maximum atomic E-state index is 12.6. The van der Waals surface area contributed by atoms with Crippen LogP contribution in [0.5, 0.6) is 0 Å². The van der Waals surface area contributed by atoms with E-state index in [1.807, 2.05) is 4.90 Å². The smallest absolute Gasteiger partial charge is 0.416 e. The minimum atomic E-state index is -4.39. The Hall–Kier alpha value is -2.38. The van der Waals surface area contributed by atoms with Crippen LogP contribution in [0.25, 0.3) is 0 Å². The van der Waals surface area contributed by atoms with Gasteiger partial charge in [-0.15, -0.1) is 0 Å². The number of carbonyl (C=O) groups is 3. The number of unbranched alkanes of at least 4 members (excludes halogenated alkanes) is 3. The summed E-state index contributed by atoms with van der Waals surface area (Å²) in [4.78, 5) is 37.7. The maximum absolute atomic E-state index is 12.6. The standard InChI is InChI=1S/C24H32F3NO4/c1-2-32-23(31)7-5-3-4-6-16-28-20(13-15-22(28)30)12-14-21(29)17-18-8-10-19(11-9-18)24(25,26)27/h8-11,20H,2-7,12-17H2,1H3/t20-/m0/s1. The molecule has 8 heteroatoms. The van der Waals surface area contributed by atoms with Gasteiger partial charge in [-0.1, -0.05) is 25.0 Å². The van der Waals surface area contributed by atoms with Gasteiger partial charge in [-0.2, -0.15) is 13.2 Å². The van der Waals surface area contributed by atoms with Crippen molar-refractivity contribution in [2.24, 2.45) is 0 Å². The Balaban J connectivity index is 1.69. The molecule has 1 aromatic carbocycles. The molecule has 0 aliphatic carbocycles. The molecule has 1 aliphatic rings. The molecule has 5 nitrogen and oxygen atoms in total. The number of amides is 1. The number of rotatable bonds is 13. The molecule has 0 N–H and O–H groups in total. The van der Waals surface area contributed by atoms with E-state index in [4.69, 9.17) is 4.74 Å². The van der Waals surface area contributed by atoms with Crippen molar-refractivity contribution in [3.63, 3.8) is 0 Å². The normalized spacial score (nSPS) is 16.4. The van der Waals surface area contributed by atoms with E-state index in [9.17, 15) is 27.6 Å². The van der Waals surface area contributed by atoms with E-state index in [1.165, 1.54) is 12.1 Å². The van der Waals surface area contributed by atoms with E-state index in [0.717, 1.165) is 44.2 Å². The zero-order valence-electron chi connectivity index (χ0n) is 18.6. The molecule has 0 spiro atoms. The first kappa shape index (κ1) is 25.9. The van der Waals surface area contributed by atoms with Gasteiger partial charge in [0.15, 0.2) is 0 Å². The second-order valence-electron chi connectivity index (χ2n) is 8.20. The van der Waals surface area contributed by atoms with Crippen LogP contribution in [-0.4, -0.2) is 41.8 Å². The molecule has 1 atom stereocenters. The first-order valence-corrected chi connectivity index (χ1v) is 11.3. The monoisotopic (exact) mass is 455 g/mol. The molecule has 1 fully saturated rings. The lowest BCUT2D eigenvalue weighted by molar-refractivity contribution is -0.143. The Kier molecular flexibility index (Phi) is 10.2. The highest BCUT2D eigenvalue weighted by atomic mass is 19.4. The van der Waals surface area contributed by atoms with Crippen LogP contribution in [0, 0.1) is 0 Å². The molecule has 1 heterocycles. The van der Waals surface area contributed by atoms with Crippen LogP contribution >= 0.6 is 0 Å². The predicted octanol–water partition coefficient (Wildman–Crippen LogP) is 5.10. The van der Waals surface area contributed by atoms with Crippen LogP contribution in [0.3, 0.4) is 0 Å². The third-order valence-electron chi connectivity index (χ3n) is 5.73. The van der Waals surface area contributed by atoms with E-state index in [0.29, 0.717) is 44.4 Å². The molecule has 0 unspecified atom stereocenters. The molecule has 2 rings (SSSR count). The zero-order valence-corrected chi connectivity index (χ0v) is 18.6. The number of likely N-dealkylation sites (tertiary alicyclic amines) is 1. The summed E-state index contributed by atoms with van der Waals surface area (Å²) in [6.07, 6.45) is 1.67. The van der Waals surface area contributed by atoms with Crippen LogP contribution in [-0.2, 0) is 31.7 Å². The average molecular weight is 456 g/mol. The van der Waals surface area contributed by atoms with Gasteiger partial charge in [0.2, 0.25) is 5.91 Å².